The van der Waals surface area contributed by atoms with Crippen LogP contribution in [0.25, 0.3) is 0 Å². The van der Waals surface area contributed by atoms with Gasteiger partial charge in [0.2, 0.25) is 0 Å². The smallest absolute Gasteiger partial charge is 0.321 e. The number of piperidine rings is 1. The number of hydrogen-bond donors (Lipinski definition) is 1. The number of nitrogens with one attached hydrogen (secondary N) is 1. The summed E-state index contributed by atoms with van der Waals surface area (Å²) in [6.07, 6.45) is 4.81. The van der Waals surface area contributed by atoms with Crippen LogP contribution in [0.2, 0.25) is 0 Å². The van der Waals surface area contributed by atoms with Gasteiger partial charge in [0.05, 0.1) is 6.61 Å². The number of amides is 2. The summed E-state index contributed by atoms with van der Waals surface area (Å²) in [6, 6.07) is 9.33. The van der Waals surface area contributed by atoms with Gasteiger partial charge in [-0.1, -0.05) is 6.07 Å². The fourth-order valence-electron chi connectivity index (χ4n) is 2.78. The Kier molecular flexibility index (Phi) is 6.81. The minimum Gasteiger partial charge on any atom is -0.491 e. The average Bonchev–Trinajstić information content (AvgIpc) is 2.70. The molecule has 0 radical (unpaired) electrons. The Bertz CT molecular complexity index is 721. The molecule has 0 unspecified atom stereocenters. The highest BCUT2D eigenvalue weighted by molar-refractivity contribution is 5.89. The van der Waals surface area contributed by atoms with Crippen molar-refractivity contribution in [2.45, 2.75) is 18.9 Å². The van der Waals surface area contributed by atoms with Crippen LogP contribution in [-0.2, 0) is 4.74 Å². The lowest BCUT2D eigenvalue weighted by Gasteiger charge is -2.31. The van der Waals surface area contributed by atoms with Crippen LogP contribution in [0.3, 0.4) is 0 Å². The first kappa shape index (κ1) is 18.9. The van der Waals surface area contributed by atoms with E-state index < -0.39 is 0 Å². The zero-order chi connectivity index (χ0) is 18.9. The molecular weight excluding hydrogens is 348 g/mol. The van der Waals surface area contributed by atoms with Gasteiger partial charge in [0.1, 0.15) is 18.5 Å². The molecule has 0 saturated carbocycles. The van der Waals surface area contributed by atoms with Crippen LogP contribution in [0.4, 0.5) is 10.5 Å². The van der Waals surface area contributed by atoms with Gasteiger partial charge in [-0.05, 0) is 18.2 Å². The first-order chi connectivity index (χ1) is 13.2. The minimum absolute atomic E-state index is 0.0222. The average molecular weight is 372 g/mol. The van der Waals surface area contributed by atoms with Gasteiger partial charge in [0.15, 0.2) is 0 Å². The van der Waals surface area contributed by atoms with E-state index >= 15 is 0 Å². The molecule has 0 bridgehead atoms. The number of rotatable bonds is 7. The summed E-state index contributed by atoms with van der Waals surface area (Å²) < 4.78 is 16.3. The lowest BCUT2D eigenvalue weighted by molar-refractivity contribution is 0.107. The number of likely N-dealkylation sites (tertiary alicyclic amines) is 1. The Hall–Kier alpha value is -2.87. The van der Waals surface area contributed by atoms with Crippen molar-refractivity contribution in [3.8, 4) is 11.8 Å². The molecule has 1 aromatic carbocycles. The summed E-state index contributed by atoms with van der Waals surface area (Å²) >= 11 is 0. The third kappa shape index (κ3) is 5.82. The van der Waals surface area contributed by atoms with Crippen molar-refractivity contribution in [1.82, 2.24) is 14.9 Å². The van der Waals surface area contributed by atoms with Gasteiger partial charge >= 0.3 is 12.0 Å². The molecule has 1 aromatic heterocycles. The molecular formula is C19H24N4O4. The van der Waals surface area contributed by atoms with Crippen LogP contribution >= 0.6 is 0 Å². The predicted octanol–water partition coefficient (Wildman–Crippen LogP) is 2.58. The predicted molar refractivity (Wildman–Crippen MR) is 100 cm³/mol. The second-order valence-electron chi connectivity index (χ2n) is 6.13. The molecule has 3 rings (SSSR count). The molecule has 1 fully saturated rings. The maximum atomic E-state index is 12.5. The van der Waals surface area contributed by atoms with Crippen molar-refractivity contribution in [2.75, 3.05) is 38.7 Å². The summed E-state index contributed by atoms with van der Waals surface area (Å²) in [5.41, 5.74) is 0.700. The fraction of sp³-hybridized carbons (Fsp3) is 0.421. The number of methoxy groups -OCH3 is 1. The summed E-state index contributed by atoms with van der Waals surface area (Å²) in [6.45, 7) is 2.22. The Morgan fingerprint density at radius 3 is 2.70 bits per heavy atom. The maximum Gasteiger partial charge on any atom is 0.321 e. The van der Waals surface area contributed by atoms with E-state index in [9.17, 15) is 4.79 Å². The van der Waals surface area contributed by atoms with Crippen LogP contribution < -0.4 is 14.8 Å². The standard InChI is InChI=1S/C19H24N4O4/c1-25-12-13-26-17-5-2-4-15(14-17)22-19(24)23-10-6-16(7-11-23)27-18-20-8-3-9-21-18/h2-5,8-9,14,16H,6-7,10-13H2,1H3,(H,22,24). The van der Waals surface area contributed by atoms with Gasteiger partial charge in [-0.15, -0.1) is 0 Å². The molecule has 1 N–H and O–H groups in total. The van der Waals surface area contributed by atoms with E-state index in [-0.39, 0.29) is 12.1 Å². The van der Waals surface area contributed by atoms with Gasteiger partial charge in [0.25, 0.3) is 0 Å². The SMILES string of the molecule is COCCOc1cccc(NC(=O)N2CCC(Oc3ncccn3)CC2)c1. The molecule has 8 nitrogen and oxygen atoms in total. The third-order valence-corrected chi connectivity index (χ3v) is 4.18. The van der Waals surface area contributed by atoms with Gasteiger partial charge in [0, 0.05) is 57.2 Å². The monoisotopic (exact) mass is 372 g/mol. The number of nitrogens with zero attached hydrogens (tertiary/aromatic N) is 3. The number of anilines is 1. The first-order valence-corrected chi connectivity index (χ1v) is 8.96. The molecule has 0 atom stereocenters. The number of carbonyl (C=O) groups excluding carboxylic acids is 1. The lowest BCUT2D eigenvalue weighted by Crippen LogP contribution is -2.43. The van der Waals surface area contributed by atoms with Crippen molar-refractivity contribution in [3.05, 3.63) is 42.7 Å². The molecule has 0 spiro atoms. The molecule has 27 heavy (non-hydrogen) atoms. The van der Waals surface area contributed by atoms with Gasteiger partial charge < -0.3 is 24.4 Å². The largest absolute Gasteiger partial charge is 0.491 e. The first-order valence-electron chi connectivity index (χ1n) is 8.96. The molecule has 8 heteroatoms. The van der Waals surface area contributed by atoms with Crippen LogP contribution in [0.5, 0.6) is 11.8 Å². The zero-order valence-corrected chi connectivity index (χ0v) is 15.3. The Labute approximate surface area is 158 Å². The number of hydrogen-bond acceptors (Lipinski definition) is 6. The summed E-state index contributed by atoms with van der Waals surface area (Å²) in [7, 11) is 1.63. The van der Waals surface area contributed by atoms with E-state index in [0.29, 0.717) is 43.8 Å². The third-order valence-electron chi connectivity index (χ3n) is 4.18. The van der Waals surface area contributed by atoms with E-state index in [4.69, 9.17) is 14.2 Å². The van der Waals surface area contributed by atoms with Gasteiger partial charge in [-0.25, -0.2) is 14.8 Å². The van der Waals surface area contributed by atoms with E-state index in [2.05, 4.69) is 15.3 Å². The minimum atomic E-state index is -0.126. The van der Waals surface area contributed by atoms with Crippen molar-refractivity contribution >= 4 is 11.7 Å². The highest BCUT2D eigenvalue weighted by Crippen LogP contribution is 2.20. The van der Waals surface area contributed by atoms with Crippen molar-refractivity contribution in [2.24, 2.45) is 0 Å². The van der Waals surface area contributed by atoms with Crippen molar-refractivity contribution in [1.29, 1.82) is 0 Å². The topological polar surface area (TPSA) is 85.8 Å². The van der Waals surface area contributed by atoms with E-state index in [0.717, 1.165) is 12.8 Å². The quantitative estimate of drug-likeness (QED) is 0.752. The van der Waals surface area contributed by atoms with Crippen LogP contribution in [-0.4, -0.2) is 60.4 Å². The fourth-order valence-corrected chi connectivity index (χ4v) is 2.78. The summed E-state index contributed by atoms with van der Waals surface area (Å²) in [4.78, 5) is 22.4. The van der Waals surface area contributed by atoms with Crippen LogP contribution in [0.1, 0.15) is 12.8 Å². The zero-order valence-electron chi connectivity index (χ0n) is 15.3. The molecule has 0 aliphatic carbocycles. The lowest BCUT2D eigenvalue weighted by atomic mass is 10.1. The van der Waals surface area contributed by atoms with E-state index in [1.54, 1.807) is 36.5 Å². The van der Waals surface area contributed by atoms with Crippen molar-refractivity contribution in [3.63, 3.8) is 0 Å². The molecule has 1 aliphatic rings. The molecule has 144 valence electrons. The van der Waals surface area contributed by atoms with Crippen molar-refractivity contribution < 1.29 is 19.0 Å². The molecule has 1 saturated heterocycles. The number of carbonyl (C=O) groups is 1. The van der Waals surface area contributed by atoms with Crippen LogP contribution in [0, 0.1) is 0 Å². The number of urea groups is 1. The highest BCUT2D eigenvalue weighted by Gasteiger charge is 2.24. The molecule has 2 aromatic rings. The summed E-state index contributed by atoms with van der Waals surface area (Å²) in [5.74, 6) is 0.694. The number of benzene rings is 1. The molecule has 2 amide bonds. The number of aromatic nitrogens is 2. The Balaban J connectivity index is 1.46. The van der Waals surface area contributed by atoms with Gasteiger partial charge in [-0.2, -0.15) is 0 Å². The maximum absolute atomic E-state index is 12.5. The van der Waals surface area contributed by atoms with E-state index in [1.165, 1.54) is 0 Å². The van der Waals surface area contributed by atoms with Gasteiger partial charge in [-0.3, -0.25) is 0 Å². The Morgan fingerprint density at radius 1 is 1.19 bits per heavy atom. The second-order valence-corrected chi connectivity index (χ2v) is 6.13. The Morgan fingerprint density at radius 2 is 1.96 bits per heavy atom. The highest BCUT2D eigenvalue weighted by atomic mass is 16.5. The normalized spacial score (nSPS) is 14.6. The second kappa shape index (κ2) is 9.72. The number of ether oxygens (including phenoxy) is 3. The molecule has 1 aliphatic heterocycles. The summed E-state index contributed by atoms with van der Waals surface area (Å²) in [5, 5.41) is 2.92. The van der Waals surface area contributed by atoms with Crippen LogP contribution in [0.15, 0.2) is 42.7 Å². The molecule has 2 heterocycles. The van der Waals surface area contributed by atoms with E-state index in [1.807, 2.05) is 18.2 Å².